The van der Waals surface area contributed by atoms with Crippen molar-refractivity contribution in [3.8, 4) is 22.2 Å². The van der Waals surface area contributed by atoms with Crippen molar-refractivity contribution < 1.29 is 9.26 Å². The van der Waals surface area contributed by atoms with Crippen LogP contribution >= 0.6 is 11.3 Å². The third kappa shape index (κ3) is 2.62. The van der Waals surface area contributed by atoms with Crippen molar-refractivity contribution in [3.05, 3.63) is 58.8 Å². The summed E-state index contributed by atoms with van der Waals surface area (Å²) < 4.78 is 11.4. The maximum absolute atomic E-state index is 11.1. The lowest BCUT2D eigenvalue weighted by molar-refractivity contribution is 0.388. The summed E-state index contributed by atoms with van der Waals surface area (Å²) in [6.45, 7) is 2.02. The summed E-state index contributed by atoms with van der Waals surface area (Å²) in [5.74, 6) is 1.22. The first-order valence-corrected chi connectivity index (χ1v) is 7.69. The van der Waals surface area contributed by atoms with Crippen LogP contribution in [0, 0.1) is 6.92 Å². The summed E-state index contributed by atoms with van der Waals surface area (Å²) in [7, 11) is 0. The molecule has 0 bridgehead atoms. The van der Waals surface area contributed by atoms with Gasteiger partial charge in [0.05, 0.1) is 15.8 Å². The van der Waals surface area contributed by atoms with E-state index in [-0.39, 0.29) is 0 Å². The molecule has 0 radical (unpaired) electrons. The molecule has 114 valence electrons. The quantitative estimate of drug-likeness (QED) is 0.620. The van der Waals surface area contributed by atoms with Gasteiger partial charge in [0, 0.05) is 11.6 Å². The lowest BCUT2D eigenvalue weighted by Crippen LogP contribution is -1.94. The molecular weight excluding hydrogens is 314 g/mol. The average molecular weight is 325 g/mol. The normalized spacial score (nSPS) is 11.0. The van der Waals surface area contributed by atoms with E-state index in [4.69, 9.17) is 4.74 Å². The van der Waals surface area contributed by atoms with Crippen molar-refractivity contribution >= 4 is 21.4 Å². The van der Waals surface area contributed by atoms with E-state index in [1.54, 1.807) is 12.4 Å². The summed E-state index contributed by atoms with van der Waals surface area (Å²) in [6.07, 6.45) is 3.42. The number of benzene rings is 1. The van der Waals surface area contributed by atoms with Gasteiger partial charge in [-0.15, -0.1) is 11.3 Å². The van der Waals surface area contributed by atoms with Gasteiger partial charge < -0.3 is 4.74 Å². The maximum atomic E-state index is 11.1. The molecule has 0 aliphatic carbocycles. The highest BCUT2D eigenvalue weighted by atomic mass is 32.1. The van der Waals surface area contributed by atoms with Crippen LogP contribution in [0.15, 0.2) is 52.0 Å². The number of nitrogens with zero attached hydrogens (tertiary/aromatic N) is 2. The average Bonchev–Trinajstić information content (AvgIpc) is 3.16. The third-order valence-corrected chi connectivity index (χ3v) is 4.41. The lowest BCUT2D eigenvalue weighted by atomic mass is 10.2. The van der Waals surface area contributed by atoms with Gasteiger partial charge in [-0.3, -0.25) is 14.5 Å². The molecule has 7 heteroatoms. The summed E-state index contributed by atoms with van der Waals surface area (Å²) in [5.41, 5.74) is 1.17. The van der Waals surface area contributed by atoms with Crippen LogP contribution in [-0.4, -0.2) is 15.1 Å². The van der Waals surface area contributed by atoms with Gasteiger partial charge in [0.1, 0.15) is 5.75 Å². The Labute approximate surface area is 134 Å². The minimum Gasteiger partial charge on any atom is -0.455 e. The number of aromatic amines is 1. The minimum absolute atomic E-state index is 0.400. The van der Waals surface area contributed by atoms with E-state index in [1.165, 1.54) is 16.9 Å². The molecule has 3 aromatic heterocycles. The number of hydrogen-bond acceptors (Lipinski definition) is 6. The Balaban J connectivity index is 1.76. The Kier molecular flexibility index (Phi) is 3.20. The van der Waals surface area contributed by atoms with E-state index < -0.39 is 5.76 Å². The number of rotatable bonds is 3. The Morgan fingerprint density at radius 2 is 2.04 bits per heavy atom. The number of hydrogen-bond donors (Lipinski definition) is 1. The van der Waals surface area contributed by atoms with E-state index in [2.05, 4.69) is 19.6 Å². The van der Waals surface area contributed by atoms with Gasteiger partial charge in [-0.1, -0.05) is 22.9 Å². The van der Waals surface area contributed by atoms with Crippen LogP contribution < -0.4 is 10.5 Å². The molecule has 0 saturated heterocycles. The maximum Gasteiger partial charge on any atom is 0.439 e. The second-order valence-electron chi connectivity index (χ2n) is 5.02. The Bertz CT molecular complexity index is 1030. The van der Waals surface area contributed by atoms with Crippen molar-refractivity contribution in [1.29, 1.82) is 0 Å². The van der Waals surface area contributed by atoms with Crippen LogP contribution in [0.25, 0.3) is 20.8 Å². The molecule has 0 unspecified atom stereocenters. The number of H-pyrrole nitrogens is 1. The molecule has 1 N–H and O–H groups in total. The van der Waals surface area contributed by atoms with Crippen LogP contribution in [0.3, 0.4) is 0 Å². The molecule has 0 fully saturated rings. The summed E-state index contributed by atoms with van der Waals surface area (Å²) in [4.78, 5) is 18.6. The number of nitrogens with one attached hydrogen (secondary N) is 1. The fraction of sp³-hybridized carbons (Fsp3) is 0.0625. The van der Waals surface area contributed by atoms with E-state index in [1.807, 2.05) is 37.3 Å². The molecule has 0 spiro atoms. The fourth-order valence-electron chi connectivity index (χ4n) is 2.20. The lowest BCUT2D eigenvalue weighted by Gasteiger charge is -2.06. The fourth-order valence-corrected chi connectivity index (χ4v) is 3.18. The molecule has 0 atom stereocenters. The first-order valence-electron chi connectivity index (χ1n) is 6.87. The SMILES string of the molecule is Cc1ccc(Oc2cncc3sc(-c4noc(=O)[nH]4)cc23)cc1. The van der Waals surface area contributed by atoms with Gasteiger partial charge in [0.2, 0.25) is 0 Å². The summed E-state index contributed by atoms with van der Waals surface area (Å²) >= 11 is 1.46. The topological polar surface area (TPSA) is 81.0 Å². The molecule has 3 heterocycles. The molecule has 23 heavy (non-hydrogen) atoms. The molecule has 4 aromatic rings. The number of aryl methyl sites for hydroxylation is 1. The van der Waals surface area contributed by atoms with E-state index in [9.17, 15) is 4.79 Å². The highest BCUT2D eigenvalue weighted by Gasteiger charge is 2.13. The first-order chi connectivity index (χ1) is 11.2. The van der Waals surface area contributed by atoms with Gasteiger partial charge in [-0.2, -0.15) is 0 Å². The zero-order valence-corrected chi connectivity index (χ0v) is 12.9. The number of ether oxygens (including phenoxy) is 1. The molecular formula is C16H11N3O3S. The van der Waals surface area contributed by atoms with Crippen molar-refractivity contribution in [2.45, 2.75) is 6.92 Å². The highest BCUT2D eigenvalue weighted by Crippen LogP contribution is 2.37. The molecule has 4 rings (SSSR count). The van der Waals surface area contributed by atoms with Crippen LogP contribution in [-0.2, 0) is 0 Å². The first kappa shape index (κ1) is 13.7. The Morgan fingerprint density at radius 3 is 2.78 bits per heavy atom. The van der Waals surface area contributed by atoms with Crippen LogP contribution in [0.1, 0.15) is 5.56 Å². The second-order valence-corrected chi connectivity index (χ2v) is 6.10. The summed E-state index contributed by atoms with van der Waals surface area (Å²) in [6, 6.07) is 9.70. The predicted molar refractivity (Wildman–Crippen MR) is 87.0 cm³/mol. The monoisotopic (exact) mass is 325 g/mol. The Morgan fingerprint density at radius 1 is 1.22 bits per heavy atom. The van der Waals surface area contributed by atoms with Gasteiger partial charge >= 0.3 is 5.76 Å². The molecule has 1 aromatic carbocycles. The van der Waals surface area contributed by atoms with Crippen LogP contribution in [0.4, 0.5) is 0 Å². The van der Waals surface area contributed by atoms with Crippen LogP contribution in [0.2, 0.25) is 0 Å². The molecule has 0 aliphatic heterocycles. The van der Waals surface area contributed by atoms with Crippen molar-refractivity contribution in [2.24, 2.45) is 0 Å². The van der Waals surface area contributed by atoms with Crippen molar-refractivity contribution in [2.75, 3.05) is 0 Å². The molecule has 0 saturated carbocycles. The van der Waals surface area contributed by atoms with Crippen LogP contribution in [0.5, 0.6) is 11.5 Å². The molecule has 6 nitrogen and oxygen atoms in total. The van der Waals surface area contributed by atoms with Gasteiger partial charge in [0.15, 0.2) is 11.6 Å². The largest absolute Gasteiger partial charge is 0.455 e. The van der Waals surface area contributed by atoms with Gasteiger partial charge in [-0.05, 0) is 25.1 Å². The summed E-state index contributed by atoms with van der Waals surface area (Å²) in [5, 5.41) is 4.62. The van der Waals surface area contributed by atoms with E-state index in [0.29, 0.717) is 11.6 Å². The third-order valence-electron chi connectivity index (χ3n) is 3.33. The van der Waals surface area contributed by atoms with Crippen molar-refractivity contribution in [1.82, 2.24) is 15.1 Å². The minimum atomic E-state index is -0.577. The zero-order chi connectivity index (χ0) is 15.8. The number of thiophene rings is 1. The standard InChI is InChI=1S/C16H11N3O3S/c1-9-2-4-10(5-3-9)21-12-7-17-8-14-11(12)6-13(23-14)15-18-16(20)22-19-15/h2-8H,1H3,(H,18,19,20). The number of fused-ring (bicyclic) bond motifs is 1. The van der Waals surface area contributed by atoms with E-state index in [0.717, 1.165) is 20.7 Å². The number of aromatic nitrogens is 3. The number of pyridine rings is 1. The molecule has 0 aliphatic rings. The molecule has 0 amide bonds. The highest BCUT2D eigenvalue weighted by molar-refractivity contribution is 7.22. The smallest absolute Gasteiger partial charge is 0.439 e. The van der Waals surface area contributed by atoms with Gasteiger partial charge in [0.25, 0.3) is 0 Å². The predicted octanol–water partition coefficient (Wildman–Crippen LogP) is 3.74. The van der Waals surface area contributed by atoms with Gasteiger partial charge in [-0.25, -0.2) is 4.79 Å². The van der Waals surface area contributed by atoms with E-state index >= 15 is 0 Å². The zero-order valence-electron chi connectivity index (χ0n) is 12.1. The van der Waals surface area contributed by atoms with Crippen molar-refractivity contribution in [3.63, 3.8) is 0 Å². The Hall–Kier alpha value is -2.93. The second kappa shape index (κ2) is 5.36.